The number of piperazine rings is 1. The molecule has 9 heteroatoms. The Bertz CT molecular complexity index is 1340. The standard InChI is InChI=1S/C30H30ClN3O3S2/c1-32-15-17-33(18-16-32)14-3-19-36-27-5-2-4-24(21-27)34-29(35)28(39-30(34)38)20-22-6-10-25(11-7-22)37-26-12-8-23(31)9-13-26/h2,4-13,20-21H,3,14-19H2,1H3. The van der Waals surface area contributed by atoms with Gasteiger partial charge in [-0.3, -0.25) is 9.69 Å². The first kappa shape index (κ1) is 27.7. The van der Waals surface area contributed by atoms with Crippen LogP contribution in [0.2, 0.25) is 5.02 Å². The third kappa shape index (κ3) is 7.41. The van der Waals surface area contributed by atoms with Crippen LogP contribution in [0.4, 0.5) is 5.69 Å². The van der Waals surface area contributed by atoms with Gasteiger partial charge in [0.1, 0.15) is 17.2 Å². The number of carbonyl (C=O) groups is 1. The number of amides is 1. The number of hydrogen-bond donors (Lipinski definition) is 0. The van der Waals surface area contributed by atoms with Crippen LogP contribution in [0.5, 0.6) is 17.2 Å². The van der Waals surface area contributed by atoms with Gasteiger partial charge in [-0.05, 0) is 73.6 Å². The number of rotatable bonds is 9. The number of hydrogen-bond acceptors (Lipinski definition) is 7. The fraction of sp³-hybridized carbons (Fsp3) is 0.267. The normalized spacial score (nSPS) is 17.7. The number of likely N-dealkylation sites (N-methyl/N-ethyl adjacent to an activating group) is 1. The fourth-order valence-electron chi connectivity index (χ4n) is 4.37. The molecule has 0 unspecified atom stereocenters. The summed E-state index contributed by atoms with van der Waals surface area (Å²) in [6.45, 7) is 6.11. The molecule has 3 aromatic carbocycles. The average Bonchev–Trinajstić information content (AvgIpc) is 3.22. The van der Waals surface area contributed by atoms with Crippen molar-refractivity contribution in [3.63, 3.8) is 0 Å². The summed E-state index contributed by atoms with van der Waals surface area (Å²) in [6.07, 6.45) is 2.81. The Labute approximate surface area is 244 Å². The van der Waals surface area contributed by atoms with Crippen LogP contribution < -0.4 is 14.4 Å². The van der Waals surface area contributed by atoms with Crippen molar-refractivity contribution in [1.82, 2.24) is 9.80 Å². The predicted octanol–water partition coefficient (Wildman–Crippen LogP) is 6.55. The van der Waals surface area contributed by atoms with Crippen LogP contribution >= 0.6 is 35.6 Å². The zero-order chi connectivity index (χ0) is 27.2. The molecule has 0 aromatic heterocycles. The Morgan fingerprint density at radius 3 is 2.36 bits per heavy atom. The van der Waals surface area contributed by atoms with Crippen LogP contribution in [0.25, 0.3) is 6.08 Å². The van der Waals surface area contributed by atoms with E-state index in [4.69, 9.17) is 33.3 Å². The van der Waals surface area contributed by atoms with Gasteiger partial charge in [0.25, 0.3) is 5.91 Å². The van der Waals surface area contributed by atoms with Crippen molar-refractivity contribution >= 4 is 57.6 Å². The molecule has 0 N–H and O–H groups in total. The molecule has 5 rings (SSSR count). The second-order valence-electron chi connectivity index (χ2n) is 9.49. The van der Waals surface area contributed by atoms with Crippen molar-refractivity contribution in [1.29, 1.82) is 0 Å². The summed E-state index contributed by atoms with van der Waals surface area (Å²) in [6, 6.07) is 22.3. The number of anilines is 1. The molecular weight excluding hydrogens is 550 g/mol. The molecule has 0 saturated carbocycles. The molecule has 0 bridgehead atoms. The first-order chi connectivity index (χ1) is 18.9. The largest absolute Gasteiger partial charge is 0.493 e. The number of carbonyl (C=O) groups excluding carboxylic acids is 1. The molecule has 2 fully saturated rings. The van der Waals surface area contributed by atoms with Crippen LogP contribution in [0.3, 0.4) is 0 Å². The number of ether oxygens (including phenoxy) is 2. The second-order valence-corrected chi connectivity index (χ2v) is 11.6. The summed E-state index contributed by atoms with van der Waals surface area (Å²) in [5, 5.41) is 0.658. The lowest BCUT2D eigenvalue weighted by Crippen LogP contribution is -2.44. The van der Waals surface area contributed by atoms with E-state index in [2.05, 4.69) is 16.8 Å². The van der Waals surface area contributed by atoms with E-state index < -0.39 is 0 Å². The maximum Gasteiger partial charge on any atom is 0.270 e. The Hall–Kier alpha value is -2.88. The van der Waals surface area contributed by atoms with Crippen molar-refractivity contribution in [3.8, 4) is 17.2 Å². The highest BCUT2D eigenvalue weighted by Crippen LogP contribution is 2.37. The molecule has 3 aromatic rings. The van der Waals surface area contributed by atoms with E-state index in [-0.39, 0.29) is 5.91 Å². The zero-order valence-corrected chi connectivity index (χ0v) is 24.1. The molecule has 6 nitrogen and oxygen atoms in total. The maximum absolute atomic E-state index is 13.3. The highest BCUT2D eigenvalue weighted by molar-refractivity contribution is 8.27. The second kappa shape index (κ2) is 13.0. The van der Waals surface area contributed by atoms with E-state index in [0.717, 1.165) is 50.5 Å². The summed E-state index contributed by atoms with van der Waals surface area (Å²) in [5.74, 6) is 2.00. The highest BCUT2D eigenvalue weighted by Gasteiger charge is 2.33. The zero-order valence-electron chi connectivity index (χ0n) is 21.7. The van der Waals surface area contributed by atoms with Gasteiger partial charge in [-0.25, -0.2) is 0 Å². The maximum atomic E-state index is 13.3. The molecular formula is C30H30ClN3O3S2. The minimum absolute atomic E-state index is 0.140. The highest BCUT2D eigenvalue weighted by atomic mass is 35.5. The lowest BCUT2D eigenvalue weighted by Gasteiger charge is -2.32. The number of halogens is 1. The topological polar surface area (TPSA) is 45.2 Å². The van der Waals surface area contributed by atoms with Crippen LogP contribution in [0, 0.1) is 0 Å². The van der Waals surface area contributed by atoms with Crippen LogP contribution in [-0.4, -0.2) is 66.4 Å². The number of nitrogens with zero attached hydrogens (tertiary/aromatic N) is 3. The summed E-state index contributed by atoms with van der Waals surface area (Å²) in [5.41, 5.74) is 1.60. The fourth-order valence-corrected chi connectivity index (χ4v) is 5.80. The van der Waals surface area contributed by atoms with Gasteiger partial charge in [-0.2, -0.15) is 0 Å². The SMILES string of the molecule is CN1CCN(CCCOc2cccc(N3C(=O)C(=Cc4ccc(Oc5ccc(Cl)cc5)cc4)SC3=S)c2)CC1. The molecule has 0 spiro atoms. The van der Waals surface area contributed by atoms with Crippen molar-refractivity contribution in [2.45, 2.75) is 6.42 Å². The molecule has 2 aliphatic heterocycles. The summed E-state index contributed by atoms with van der Waals surface area (Å²) < 4.78 is 12.4. The van der Waals surface area contributed by atoms with Crippen molar-refractivity contribution in [2.24, 2.45) is 0 Å². The summed E-state index contributed by atoms with van der Waals surface area (Å²) in [4.78, 5) is 20.3. The minimum atomic E-state index is -0.140. The van der Waals surface area contributed by atoms with Gasteiger partial charge in [0.2, 0.25) is 0 Å². The first-order valence-corrected chi connectivity index (χ1v) is 14.5. The third-order valence-electron chi connectivity index (χ3n) is 6.58. The smallest absolute Gasteiger partial charge is 0.270 e. The van der Waals surface area contributed by atoms with Crippen LogP contribution in [-0.2, 0) is 4.79 Å². The van der Waals surface area contributed by atoms with Crippen LogP contribution in [0.1, 0.15) is 12.0 Å². The predicted molar refractivity (Wildman–Crippen MR) is 164 cm³/mol. The number of benzene rings is 3. The Kier molecular flexibility index (Phi) is 9.21. The van der Waals surface area contributed by atoms with E-state index in [1.807, 2.05) is 66.7 Å². The Morgan fingerprint density at radius 2 is 1.64 bits per heavy atom. The molecule has 202 valence electrons. The van der Waals surface area contributed by atoms with Gasteiger partial charge in [0.15, 0.2) is 4.32 Å². The quantitative estimate of drug-likeness (QED) is 0.162. The Morgan fingerprint density at radius 1 is 0.949 bits per heavy atom. The molecule has 2 aliphatic rings. The molecule has 39 heavy (non-hydrogen) atoms. The lowest BCUT2D eigenvalue weighted by atomic mass is 10.2. The summed E-state index contributed by atoms with van der Waals surface area (Å²) >= 11 is 12.8. The van der Waals surface area contributed by atoms with Gasteiger partial charge < -0.3 is 19.3 Å². The number of thioether (sulfide) groups is 1. The molecule has 1 amide bonds. The average molecular weight is 580 g/mol. The molecule has 0 radical (unpaired) electrons. The van der Waals surface area contributed by atoms with E-state index >= 15 is 0 Å². The number of thiocarbonyl (C=S) groups is 1. The molecule has 2 heterocycles. The molecule has 0 aliphatic carbocycles. The van der Waals surface area contributed by atoms with E-state index in [1.165, 1.54) is 11.8 Å². The van der Waals surface area contributed by atoms with Gasteiger partial charge >= 0.3 is 0 Å². The lowest BCUT2D eigenvalue weighted by molar-refractivity contribution is -0.113. The van der Waals surface area contributed by atoms with Gasteiger partial charge in [-0.15, -0.1) is 0 Å². The summed E-state index contributed by atoms with van der Waals surface area (Å²) in [7, 11) is 2.17. The van der Waals surface area contributed by atoms with E-state index in [1.54, 1.807) is 17.0 Å². The van der Waals surface area contributed by atoms with Gasteiger partial charge in [0, 0.05) is 43.8 Å². The van der Waals surface area contributed by atoms with Crippen molar-refractivity contribution < 1.29 is 14.3 Å². The van der Waals surface area contributed by atoms with Crippen LogP contribution in [0.15, 0.2) is 77.7 Å². The van der Waals surface area contributed by atoms with Crippen molar-refractivity contribution in [2.75, 3.05) is 51.3 Å². The molecule has 2 saturated heterocycles. The molecule has 0 atom stereocenters. The first-order valence-electron chi connectivity index (χ1n) is 12.9. The Balaban J connectivity index is 1.17. The van der Waals surface area contributed by atoms with Gasteiger partial charge in [0.05, 0.1) is 17.2 Å². The van der Waals surface area contributed by atoms with Crippen molar-refractivity contribution in [3.05, 3.63) is 88.3 Å². The monoisotopic (exact) mass is 579 g/mol. The van der Waals surface area contributed by atoms with E-state index in [0.29, 0.717) is 38.0 Å². The minimum Gasteiger partial charge on any atom is -0.493 e. The van der Waals surface area contributed by atoms with Gasteiger partial charge in [-0.1, -0.05) is 53.8 Å². The third-order valence-corrected chi connectivity index (χ3v) is 8.13. The van der Waals surface area contributed by atoms with E-state index in [9.17, 15) is 4.79 Å².